The van der Waals surface area contributed by atoms with Gasteiger partial charge in [-0.15, -0.1) is 0 Å². The molecule has 0 aromatic rings. The van der Waals surface area contributed by atoms with Crippen molar-refractivity contribution < 1.29 is 5.11 Å². The molecule has 0 aliphatic carbocycles. The Hall–Kier alpha value is -0.0800. The highest BCUT2D eigenvalue weighted by atomic mass is 16.3. The highest BCUT2D eigenvalue weighted by Gasteiger charge is 1.96. The molecule has 104 valence electrons. The van der Waals surface area contributed by atoms with Crippen LogP contribution < -0.4 is 0 Å². The summed E-state index contributed by atoms with van der Waals surface area (Å²) >= 11 is 0. The molecule has 0 bridgehead atoms. The molecule has 0 aromatic heterocycles. The third kappa shape index (κ3) is 13.9. The fourth-order valence-electron chi connectivity index (χ4n) is 2.15. The average molecular weight is 243 g/mol. The maximum Gasteiger partial charge on any atom is 0.0558 e. The predicted molar refractivity (Wildman–Crippen MR) is 76.4 cm³/mol. The van der Waals surface area contributed by atoms with E-state index in [1.165, 1.54) is 64.2 Å². The SMILES string of the molecule is CCCCCCCCCCCCN(C)CCO. The van der Waals surface area contributed by atoms with Gasteiger partial charge in [-0.25, -0.2) is 0 Å². The molecule has 0 unspecified atom stereocenters. The van der Waals surface area contributed by atoms with Gasteiger partial charge in [-0.1, -0.05) is 64.7 Å². The van der Waals surface area contributed by atoms with Crippen LogP contribution in [-0.4, -0.2) is 36.8 Å². The van der Waals surface area contributed by atoms with Crippen LogP contribution in [0.25, 0.3) is 0 Å². The molecular weight excluding hydrogens is 210 g/mol. The van der Waals surface area contributed by atoms with Gasteiger partial charge in [-0.05, 0) is 20.0 Å². The van der Waals surface area contributed by atoms with E-state index in [0.29, 0.717) is 0 Å². The first-order valence-electron chi connectivity index (χ1n) is 7.60. The Morgan fingerprint density at radius 3 is 1.65 bits per heavy atom. The van der Waals surface area contributed by atoms with E-state index in [1.54, 1.807) is 0 Å². The van der Waals surface area contributed by atoms with Gasteiger partial charge in [0.2, 0.25) is 0 Å². The lowest BCUT2D eigenvalue weighted by molar-refractivity contribution is 0.219. The van der Waals surface area contributed by atoms with E-state index < -0.39 is 0 Å². The van der Waals surface area contributed by atoms with Gasteiger partial charge in [0.25, 0.3) is 0 Å². The molecule has 1 N–H and O–H groups in total. The standard InChI is InChI=1S/C15H33NO/c1-3-4-5-6-7-8-9-10-11-12-13-16(2)14-15-17/h17H,3-15H2,1-2H3. The smallest absolute Gasteiger partial charge is 0.0558 e. The van der Waals surface area contributed by atoms with E-state index in [9.17, 15) is 0 Å². The molecule has 0 saturated carbocycles. The summed E-state index contributed by atoms with van der Waals surface area (Å²) in [7, 11) is 2.09. The molecule has 0 aliphatic heterocycles. The van der Waals surface area contributed by atoms with Gasteiger partial charge in [-0.3, -0.25) is 0 Å². The van der Waals surface area contributed by atoms with E-state index in [0.717, 1.165) is 13.1 Å². The van der Waals surface area contributed by atoms with Gasteiger partial charge in [-0.2, -0.15) is 0 Å². The van der Waals surface area contributed by atoms with Crippen molar-refractivity contribution in [3.63, 3.8) is 0 Å². The van der Waals surface area contributed by atoms with E-state index in [4.69, 9.17) is 5.11 Å². The summed E-state index contributed by atoms with van der Waals surface area (Å²) in [4.78, 5) is 2.21. The molecule has 0 fully saturated rings. The summed E-state index contributed by atoms with van der Waals surface area (Å²) < 4.78 is 0. The molecule has 0 rings (SSSR count). The quantitative estimate of drug-likeness (QED) is 0.497. The average Bonchev–Trinajstić information content (AvgIpc) is 2.32. The molecule has 0 amide bonds. The fraction of sp³-hybridized carbons (Fsp3) is 1.00. The largest absolute Gasteiger partial charge is 0.395 e. The lowest BCUT2D eigenvalue weighted by Crippen LogP contribution is -2.23. The van der Waals surface area contributed by atoms with Crippen molar-refractivity contribution in [3.8, 4) is 0 Å². The molecule has 0 atom stereocenters. The minimum absolute atomic E-state index is 0.286. The second kappa shape index (κ2) is 14.0. The van der Waals surface area contributed by atoms with Crippen molar-refractivity contribution >= 4 is 0 Å². The lowest BCUT2D eigenvalue weighted by Gasteiger charge is -2.14. The Kier molecular flexibility index (Phi) is 13.9. The highest BCUT2D eigenvalue weighted by molar-refractivity contribution is 4.52. The third-order valence-corrected chi connectivity index (χ3v) is 3.38. The van der Waals surface area contributed by atoms with Crippen LogP contribution in [0, 0.1) is 0 Å². The Balaban J connectivity index is 2.98. The first-order chi connectivity index (χ1) is 8.31. The Bertz CT molecular complexity index is 139. The molecule has 17 heavy (non-hydrogen) atoms. The van der Waals surface area contributed by atoms with Gasteiger partial charge >= 0.3 is 0 Å². The Morgan fingerprint density at radius 2 is 1.18 bits per heavy atom. The van der Waals surface area contributed by atoms with E-state index in [1.807, 2.05) is 0 Å². The second-order valence-corrected chi connectivity index (χ2v) is 5.21. The maximum atomic E-state index is 8.76. The Labute approximate surface area is 108 Å². The van der Waals surface area contributed by atoms with Gasteiger partial charge in [0, 0.05) is 6.54 Å². The van der Waals surface area contributed by atoms with Crippen LogP contribution in [0.2, 0.25) is 0 Å². The second-order valence-electron chi connectivity index (χ2n) is 5.21. The van der Waals surface area contributed by atoms with Crippen LogP contribution in [-0.2, 0) is 0 Å². The first kappa shape index (κ1) is 16.9. The summed E-state index contributed by atoms with van der Waals surface area (Å²) in [5.41, 5.74) is 0. The van der Waals surface area contributed by atoms with Gasteiger partial charge in [0.1, 0.15) is 0 Å². The summed E-state index contributed by atoms with van der Waals surface area (Å²) in [6.45, 7) is 4.51. The normalized spacial score (nSPS) is 11.3. The van der Waals surface area contributed by atoms with E-state index in [2.05, 4.69) is 18.9 Å². The van der Waals surface area contributed by atoms with Crippen molar-refractivity contribution in [2.24, 2.45) is 0 Å². The number of likely N-dealkylation sites (N-methyl/N-ethyl adjacent to an activating group) is 1. The van der Waals surface area contributed by atoms with Crippen LogP contribution in [0.4, 0.5) is 0 Å². The minimum atomic E-state index is 0.286. The molecule has 0 spiro atoms. The van der Waals surface area contributed by atoms with Gasteiger partial charge in [0.15, 0.2) is 0 Å². The highest BCUT2D eigenvalue weighted by Crippen LogP contribution is 2.10. The summed E-state index contributed by atoms with van der Waals surface area (Å²) in [5.74, 6) is 0. The van der Waals surface area contributed by atoms with Gasteiger partial charge in [0.05, 0.1) is 6.61 Å². The van der Waals surface area contributed by atoms with Crippen molar-refractivity contribution in [1.82, 2.24) is 4.90 Å². The van der Waals surface area contributed by atoms with Crippen LogP contribution >= 0.6 is 0 Å². The number of nitrogens with zero attached hydrogens (tertiary/aromatic N) is 1. The summed E-state index contributed by atoms with van der Waals surface area (Å²) in [5, 5.41) is 8.76. The number of hydrogen-bond acceptors (Lipinski definition) is 2. The van der Waals surface area contributed by atoms with Crippen LogP contribution in [0.1, 0.15) is 71.1 Å². The number of hydrogen-bond donors (Lipinski definition) is 1. The van der Waals surface area contributed by atoms with E-state index >= 15 is 0 Å². The van der Waals surface area contributed by atoms with Crippen LogP contribution in [0.15, 0.2) is 0 Å². The minimum Gasteiger partial charge on any atom is -0.395 e. The monoisotopic (exact) mass is 243 g/mol. The molecule has 0 saturated heterocycles. The lowest BCUT2D eigenvalue weighted by atomic mass is 10.1. The number of aliphatic hydroxyl groups excluding tert-OH is 1. The van der Waals surface area contributed by atoms with Gasteiger partial charge < -0.3 is 10.0 Å². The topological polar surface area (TPSA) is 23.5 Å². The fourth-order valence-corrected chi connectivity index (χ4v) is 2.15. The van der Waals surface area contributed by atoms with Crippen molar-refractivity contribution in [1.29, 1.82) is 0 Å². The zero-order chi connectivity index (χ0) is 12.8. The first-order valence-corrected chi connectivity index (χ1v) is 7.60. The summed E-state index contributed by atoms with van der Waals surface area (Å²) in [6.07, 6.45) is 13.9. The van der Waals surface area contributed by atoms with Crippen LogP contribution in [0.5, 0.6) is 0 Å². The van der Waals surface area contributed by atoms with Crippen LogP contribution in [0.3, 0.4) is 0 Å². The molecule has 0 aromatic carbocycles. The number of unbranched alkanes of at least 4 members (excludes halogenated alkanes) is 9. The van der Waals surface area contributed by atoms with E-state index in [-0.39, 0.29) is 6.61 Å². The van der Waals surface area contributed by atoms with Crippen molar-refractivity contribution in [2.45, 2.75) is 71.1 Å². The molecule has 2 nitrogen and oxygen atoms in total. The number of rotatable bonds is 13. The van der Waals surface area contributed by atoms with Crippen molar-refractivity contribution in [3.05, 3.63) is 0 Å². The molecule has 0 heterocycles. The molecule has 2 heteroatoms. The zero-order valence-corrected chi connectivity index (χ0v) is 12.1. The molecule has 0 radical (unpaired) electrons. The predicted octanol–water partition coefficient (Wildman–Crippen LogP) is 3.83. The maximum absolute atomic E-state index is 8.76. The third-order valence-electron chi connectivity index (χ3n) is 3.38. The number of aliphatic hydroxyl groups is 1. The molecule has 0 aliphatic rings. The zero-order valence-electron chi connectivity index (χ0n) is 12.1. The Morgan fingerprint density at radius 1 is 0.706 bits per heavy atom. The summed E-state index contributed by atoms with van der Waals surface area (Å²) in [6, 6.07) is 0. The molecular formula is C15H33NO. The van der Waals surface area contributed by atoms with Crippen molar-refractivity contribution in [2.75, 3.05) is 26.7 Å².